The van der Waals surface area contributed by atoms with Gasteiger partial charge in [-0.25, -0.2) is 0 Å². The lowest BCUT2D eigenvalue weighted by Gasteiger charge is -2.25. The molecule has 0 aliphatic carbocycles. The summed E-state index contributed by atoms with van der Waals surface area (Å²) in [4.78, 5) is 27.3. The van der Waals surface area contributed by atoms with Crippen molar-refractivity contribution in [2.24, 2.45) is 0 Å². The predicted molar refractivity (Wildman–Crippen MR) is 115 cm³/mol. The van der Waals surface area contributed by atoms with Gasteiger partial charge in [-0.2, -0.15) is 0 Å². The summed E-state index contributed by atoms with van der Waals surface area (Å²) in [5.41, 5.74) is 1.97. The smallest absolute Gasteiger partial charge is 0.295 e. The minimum Gasteiger partial charge on any atom is -0.507 e. The zero-order chi connectivity index (χ0) is 21.8. The molecule has 158 valence electrons. The minimum atomic E-state index is -0.708. The largest absolute Gasteiger partial charge is 0.507 e. The van der Waals surface area contributed by atoms with Gasteiger partial charge in [-0.1, -0.05) is 23.7 Å². The van der Waals surface area contributed by atoms with Gasteiger partial charge in [-0.15, -0.1) is 0 Å². The lowest BCUT2D eigenvalue weighted by atomic mass is 9.94. The number of rotatable bonds is 7. The van der Waals surface area contributed by atoms with Gasteiger partial charge in [0.1, 0.15) is 11.5 Å². The van der Waals surface area contributed by atoms with Crippen LogP contribution >= 0.6 is 11.6 Å². The monoisotopic (exact) mass is 429 g/mol. The molecule has 1 amide bonds. The number of benzene rings is 2. The van der Waals surface area contributed by atoms with Crippen molar-refractivity contribution in [3.05, 3.63) is 69.8 Å². The molecule has 7 heteroatoms. The van der Waals surface area contributed by atoms with Crippen LogP contribution in [-0.4, -0.2) is 49.1 Å². The number of nitrogens with zero attached hydrogens (tertiary/aromatic N) is 1. The minimum absolute atomic E-state index is 0.0630. The molecular weight excluding hydrogens is 406 g/mol. The van der Waals surface area contributed by atoms with E-state index in [1.165, 1.54) is 4.90 Å². The summed E-state index contributed by atoms with van der Waals surface area (Å²) in [5.74, 6) is -0.917. The van der Waals surface area contributed by atoms with E-state index >= 15 is 0 Å². The molecule has 1 aliphatic heterocycles. The predicted octanol–water partition coefficient (Wildman–Crippen LogP) is 4.12. The summed E-state index contributed by atoms with van der Waals surface area (Å²) < 4.78 is 10.3. The Bertz CT molecular complexity index is 984. The van der Waals surface area contributed by atoms with E-state index in [1.54, 1.807) is 56.7 Å². The van der Waals surface area contributed by atoms with E-state index in [0.717, 1.165) is 5.56 Å². The quantitative estimate of drug-likeness (QED) is 0.310. The zero-order valence-electron chi connectivity index (χ0n) is 17.1. The van der Waals surface area contributed by atoms with Crippen molar-refractivity contribution in [2.75, 3.05) is 27.4 Å². The molecule has 0 saturated carbocycles. The number of aliphatic hydroxyl groups excluding tert-OH is 1. The molecule has 0 unspecified atom stereocenters. The second-order valence-corrected chi connectivity index (χ2v) is 7.51. The van der Waals surface area contributed by atoms with E-state index < -0.39 is 17.7 Å². The van der Waals surface area contributed by atoms with Crippen LogP contribution in [0, 0.1) is 6.92 Å². The summed E-state index contributed by atoms with van der Waals surface area (Å²) in [6.07, 6.45) is 0.565. The number of carbonyl (C=O) groups is 2. The highest BCUT2D eigenvalue weighted by molar-refractivity contribution is 6.46. The maximum Gasteiger partial charge on any atom is 0.295 e. The Morgan fingerprint density at radius 2 is 1.83 bits per heavy atom. The molecule has 6 nitrogen and oxygen atoms in total. The first-order valence-corrected chi connectivity index (χ1v) is 9.94. The highest BCUT2D eigenvalue weighted by Crippen LogP contribution is 2.40. The fourth-order valence-corrected chi connectivity index (χ4v) is 3.78. The van der Waals surface area contributed by atoms with Crippen LogP contribution in [0.15, 0.2) is 48.0 Å². The molecule has 2 aromatic rings. The van der Waals surface area contributed by atoms with Crippen molar-refractivity contribution in [1.82, 2.24) is 4.90 Å². The number of amides is 1. The van der Waals surface area contributed by atoms with Gasteiger partial charge in [-0.05, 0) is 54.8 Å². The molecule has 30 heavy (non-hydrogen) atoms. The Labute approximate surface area is 180 Å². The third-order valence-corrected chi connectivity index (χ3v) is 5.41. The summed E-state index contributed by atoms with van der Waals surface area (Å²) in [6.45, 7) is 2.58. The van der Waals surface area contributed by atoms with Crippen molar-refractivity contribution in [3.8, 4) is 5.75 Å². The number of aryl methyl sites for hydroxylation is 1. The van der Waals surface area contributed by atoms with Crippen LogP contribution < -0.4 is 4.74 Å². The first kappa shape index (κ1) is 21.9. The second kappa shape index (κ2) is 9.32. The van der Waals surface area contributed by atoms with Crippen LogP contribution in [0.1, 0.15) is 29.2 Å². The lowest BCUT2D eigenvalue weighted by Crippen LogP contribution is -2.31. The molecule has 1 N–H and O–H groups in total. The van der Waals surface area contributed by atoms with Crippen LogP contribution in [0.25, 0.3) is 5.76 Å². The first-order valence-electron chi connectivity index (χ1n) is 9.56. The molecule has 1 atom stereocenters. The van der Waals surface area contributed by atoms with Gasteiger partial charge in [0, 0.05) is 30.8 Å². The van der Waals surface area contributed by atoms with Crippen LogP contribution in [0.3, 0.4) is 0 Å². The van der Waals surface area contributed by atoms with Crippen molar-refractivity contribution in [3.63, 3.8) is 0 Å². The van der Waals surface area contributed by atoms with E-state index in [1.807, 2.05) is 6.92 Å². The standard InChI is InChI=1S/C23H24ClNO5/c1-14-13-17(30-3)9-10-18(14)21(26)19-20(15-5-7-16(24)8-6-15)25(11-4-12-29-2)23(28)22(19)27/h5-10,13,20,26H,4,11-12H2,1-3H3/b21-19+/t20-/m1/s1. The number of hydrogen-bond donors (Lipinski definition) is 1. The first-order chi connectivity index (χ1) is 14.4. The fraction of sp³-hybridized carbons (Fsp3) is 0.304. The average Bonchev–Trinajstić information content (AvgIpc) is 2.99. The maximum atomic E-state index is 13.0. The maximum absolute atomic E-state index is 13.0. The third-order valence-electron chi connectivity index (χ3n) is 5.16. The third kappa shape index (κ3) is 4.20. The molecule has 0 radical (unpaired) electrons. The van der Waals surface area contributed by atoms with Crippen molar-refractivity contribution in [1.29, 1.82) is 0 Å². The summed E-state index contributed by atoms with van der Waals surface area (Å²) >= 11 is 6.02. The number of methoxy groups -OCH3 is 2. The molecule has 1 heterocycles. The fourth-order valence-electron chi connectivity index (χ4n) is 3.66. The second-order valence-electron chi connectivity index (χ2n) is 7.07. The summed E-state index contributed by atoms with van der Waals surface area (Å²) in [7, 11) is 3.14. The van der Waals surface area contributed by atoms with Gasteiger partial charge < -0.3 is 19.5 Å². The van der Waals surface area contributed by atoms with Crippen LogP contribution in [0.2, 0.25) is 5.02 Å². The molecule has 1 fully saturated rings. The highest BCUT2D eigenvalue weighted by atomic mass is 35.5. The van der Waals surface area contributed by atoms with E-state index in [4.69, 9.17) is 21.1 Å². The number of hydrogen-bond acceptors (Lipinski definition) is 5. The zero-order valence-corrected chi connectivity index (χ0v) is 17.9. The van der Waals surface area contributed by atoms with E-state index in [0.29, 0.717) is 41.5 Å². The molecule has 0 aromatic heterocycles. The Morgan fingerprint density at radius 1 is 1.13 bits per heavy atom. The Morgan fingerprint density at radius 3 is 2.43 bits per heavy atom. The van der Waals surface area contributed by atoms with E-state index in [2.05, 4.69) is 0 Å². The average molecular weight is 430 g/mol. The van der Waals surface area contributed by atoms with Gasteiger partial charge in [0.05, 0.1) is 18.7 Å². The van der Waals surface area contributed by atoms with Gasteiger partial charge in [0.2, 0.25) is 0 Å². The topological polar surface area (TPSA) is 76.1 Å². The molecule has 2 aromatic carbocycles. The number of aliphatic hydroxyl groups is 1. The molecule has 3 rings (SSSR count). The number of carbonyl (C=O) groups excluding carboxylic acids is 2. The van der Waals surface area contributed by atoms with Crippen LogP contribution in [0.5, 0.6) is 5.75 Å². The van der Waals surface area contributed by atoms with Gasteiger partial charge in [0.15, 0.2) is 0 Å². The van der Waals surface area contributed by atoms with Crippen molar-refractivity contribution in [2.45, 2.75) is 19.4 Å². The highest BCUT2D eigenvalue weighted by Gasteiger charge is 2.45. The number of ketones is 1. The number of Topliss-reactive ketones (excluding diaryl/α,β-unsaturated/α-hetero) is 1. The molecular formula is C23H24ClNO5. The molecule has 0 spiro atoms. The molecule has 1 aliphatic rings. The van der Waals surface area contributed by atoms with Gasteiger partial charge in [0.25, 0.3) is 11.7 Å². The summed E-state index contributed by atoms with van der Waals surface area (Å²) in [5, 5.41) is 11.7. The van der Waals surface area contributed by atoms with E-state index in [-0.39, 0.29) is 11.3 Å². The summed E-state index contributed by atoms with van der Waals surface area (Å²) in [6, 6.07) is 11.4. The molecule has 1 saturated heterocycles. The Hall–Kier alpha value is -2.83. The Kier molecular flexibility index (Phi) is 6.80. The normalized spacial score (nSPS) is 18.1. The number of ether oxygens (including phenoxy) is 2. The Balaban J connectivity index is 2.13. The van der Waals surface area contributed by atoms with Crippen molar-refractivity contribution < 1.29 is 24.2 Å². The van der Waals surface area contributed by atoms with Gasteiger partial charge in [-0.3, -0.25) is 9.59 Å². The number of halogens is 1. The van der Waals surface area contributed by atoms with Crippen LogP contribution in [0.4, 0.5) is 0 Å². The SMILES string of the molecule is COCCCN1C(=O)C(=O)/C(=C(/O)c2ccc(OC)cc2C)[C@H]1c1ccc(Cl)cc1. The number of likely N-dealkylation sites (tertiary alicyclic amines) is 1. The molecule has 0 bridgehead atoms. The van der Waals surface area contributed by atoms with Gasteiger partial charge >= 0.3 is 0 Å². The van der Waals surface area contributed by atoms with E-state index in [9.17, 15) is 14.7 Å². The lowest BCUT2D eigenvalue weighted by molar-refractivity contribution is -0.140. The van der Waals surface area contributed by atoms with Crippen molar-refractivity contribution >= 4 is 29.1 Å². The van der Waals surface area contributed by atoms with Crippen LogP contribution in [-0.2, 0) is 14.3 Å².